The number of hydrogen-bond acceptors (Lipinski definition) is 2. The van der Waals surface area contributed by atoms with Crippen LogP contribution in [0, 0.1) is 0 Å². The topological polar surface area (TPSA) is 16.4 Å². The van der Waals surface area contributed by atoms with Crippen molar-refractivity contribution in [1.29, 1.82) is 0 Å². The molecule has 51 heavy (non-hydrogen) atoms. The normalized spacial score (nSPS) is 13.3. The summed E-state index contributed by atoms with van der Waals surface area (Å²) in [6, 6.07) is 58.6. The van der Waals surface area contributed by atoms with Crippen molar-refractivity contribution in [2.24, 2.45) is 0 Å². The van der Waals surface area contributed by atoms with Crippen molar-refractivity contribution in [3.05, 3.63) is 199 Å². The van der Waals surface area contributed by atoms with Crippen LogP contribution in [0.15, 0.2) is 181 Å². The first-order valence-corrected chi connectivity index (χ1v) is 17.5. The van der Waals surface area contributed by atoms with E-state index in [0.29, 0.717) is 0 Å². The summed E-state index contributed by atoms with van der Waals surface area (Å²) in [6.45, 7) is 8.98. The average molecular weight is 656 g/mol. The Morgan fingerprint density at radius 3 is 2.08 bits per heavy atom. The van der Waals surface area contributed by atoms with Crippen molar-refractivity contribution >= 4 is 50.6 Å². The number of rotatable bonds is 7. The number of fused-ring (bicyclic) bond motifs is 6. The van der Waals surface area contributed by atoms with E-state index in [2.05, 4.69) is 183 Å². The van der Waals surface area contributed by atoms with E-state index in [9.17, 15) is 0 Å². The lowest BCUT2D eigenvalue weighted by atomic mass is 9.82. The molecule has 0 amide bonds. The van der Waals surface area contributed by atoms with Gasteiger partial charge in [-0.2, -0.15) is 0 Å². The van der Waals surface area contributed by atoms with Crippen molar-refractivity contribution in [3.63, 3.8) is 0 Å². The van der Waals surface area contributed by atoms with E-state index >= 15 is 0 Å². The Hall–Kier alpha value is -6.38. The largest absolute Gasteiger partial charge is 0.456 e. The number of furan rings is 1. The van der Waals surface area contributed by atoms with Crippen LogP contribution in [0.2, 0.25) is 0 Å². The SMILES string of the molecule is C=C/C(=C\c1ccc2c(c1)oc1ccccc12)c1ccccc1N(c1ccc(-c2ccccc2)cc1)c1ccc2c(c1)C(C)(C)c1ccccc1-2. The molecule has 244 valence electrons. The molecule has 0 aliphatic heterocycles. The molecule has 0 atom stereocenters. The molecule has 0 fully saturated rings. The van der Waals surface area contributed by atoms with Crippen molar-refractivity contribution in [3.8, 4) is 22.3 Å². The molecule has 1 aromatic heterocycles. The second-order valence-corrected chi connectivity index (χ2v) is 13.8. The zero-order valence-corrected chi connectivity index (χ0v) is 28.8. The van der Waals surface area contributed by atoms with Crippen LogP contribution >= 0.6 is 0 Å². The van der Waals surface area contributed by atoms with E-state index in [0.717, 1.165) is 55.7 Å². The van der Waals surface area contributed by atoms with Crippen LogP contribution in [-0.4, -0.2) is 0 Å². The highest BCUT2D eigenvalue weighted by Crippen LogP contribution is 2.51. The van der Waals surface area contributed by atoms with E-state index in [1.807, 2.05) is 18.2 Å². The van der Waals surface area contributed by atoms with Gasteiger partial charge in [-0.25, -0.2) is 0 Å². The maximum absolute atomic E-state index is 6.25. The molecule has 1 heterocycles. The van der Waals surface area contributed by atoms with E-state index in [4.69, 9.17) is 4.42 Å². The van der Waals surface area contributed by atoms with Gasteiger partial charge in [0, 0.05) is 33.1 Å². The number of benzene rings is 7. The Labute approximate surface area is 299 Å². The third kappa shape index (κ3) is 5.19. The first kappa shape index (κ1) is 30.7. The molecule has 0 radical (unpaired) electrons. The fraction of sp³-hybridized carbons (Fsp3) is 0.0612. The zero-order valence-electron chi connectivity index (χ0n) is 28.8. The summed E-state index contributed by atoms with van der Waals surface area (Å²) in [5.41, 5.74) is 15.8. The Kier molecular flexibility index (Phi) is 7.33. The fourth-order valence-corrected chi connectivity index (χ4v) is 7.86. The summed E-state index contributed by atoms with van der Waals surface area (Å²) >= 11 is 0. The smallest absolute Gasteiger partial charge is 0.136 e. The van der Waals surface area contributed by atoms with Gasteiger partial charge in [0.1, 0.15) is 11.2 Å². The van der Waals surface area contributed by atoms with Gasteiger partial charge < -0.3 is 9.32 Å². The van der Waals surface area contributed by atoms with Crippen molar-refractivity contribution < 1.29 is 4.42 Å². The molecule has 0 saturated heterocycles. The van der Waals surface area contributed by atoms with Gasteiger partial charge in [0.05, 0.1) is 5.69 Å². The molecule has 0 N–H and O–H groups in total. The third-order valence-electron chi connectivity index (χ3n) is 10.5. The van der Waals surface area contributed by atoms with Gasteiger partial charge in [0.15, 0.2) is 0 Å². The number of para-hydroxylation sites is 2. The molecule has 2 nitrogen and oxygen atoms in total. The molecule has 8 aromatic rings. The number of hydrogen-bond donors (Lipinski definition) is 0. The van der Waals surface area contributed by atoms with Gasteiger partial charge in [-0.1, -0.05) is 142 Å². The van der Waals surface area contributed by atoms with Gasteiger partial charge in [-0.05, 0) is 99.1 Å². The summed E-state index contributed by atoms with van der Waals surface area (Å²) in [4.78, 5) is 2.39. The van der Waals surface area contributed by atoms with Crippen LogP contribution in [0.3, 0.4) is 0 Å². The van der Waals surface area contributed by atoms with E-state index in [1.165, 1.54) is 33.4 Å². The highest BCUT2D eigenvalue weighted by Gasteiger charge is 2.35. The second-order valence-electron chi connectivity index (χ2n) is 13.8. The van der Waals surface area contributed by atoms with Gasteiger partial charge in [0.2, 0.25) is 0 Å². The molecule has 2 heteroatoms. The molecule has 9 rings (SSSR count). The Morgan fingerprint density at radius 2 is 1.24 bits per heavy atom. The highest BCUT2D eigenvalue weighted by atomic mass is 16.3. The van der Waals surface area contributed by atoms with Crippen LogP contribution in [0.1, 0.15) is 36.1 Å². The van der Waals surface area contributed by atoms with E-state index in [1.54, 1.807) is 0 Å². The van der Waals surface area contributed by atoms with E-state index in [-0.39, 0.29) is 5.41 Å². The average Bonchev–Trinajstić information content (AvgIpc) is 3.66. The minimum Gasteiger partial charge on any atom is -0.456 e. The lowest BCUT2D eigenvalue weighted by Gasteiger charge is -2.30. The molecule has 1 aliphatic rings. The molecular formula is C49H37NO. The van der Waals surface area contributed by atoms with Crippen molar-refractivity contribution in [1.82, 2.24) is 0 Å². The quantitative estimate of drug-likeness (QED) is 0.125. The van der Waals surface area contributed by atoms with Crippen LogP contribution in [-0.2, 0) is 5.41 Å². The number of nitrogens with zero attached hydrogens (tertiary/aromatic N) is 1. The summed E-state index contributed by atoms with van der Waals surface area (Å²) in [5, 5.41) is 2.25. The fourth-order valence-electron chi connectivity index (χ4n) is 7.86. The molecule has 0 unspecified atom stereocenters. The summed E-state index contributed by atoms with van der Waals surface area (Å²) in [5.74, 6) is 0. The third-order valence-corrected chi connectivity index (χ3v) is 10.5. The first-order valence-electron chi connectivity index (χ1n) is 17.5. The molecule has 1 aliphatic carbocycles. The van der Waals surface area contributed by atoms with Gasteiger partial charge in [0.25, 0.3) is 0 Å². The molecule has 0 bridgehead atoms. The van der Waals surface area contributed by atoms with Gasteiger partial charge in [-0.15, -0.1) is 0 Å². The molecule has 0 saturated carbocycles. The predicted octanol–water partition coefficient (Wildman–Crippen LogP) is 13.8. The Balaban J connectivity index is 1.20. The second kappa shape index (κ2) is 12.2. The standard InChI is InChI=1S/C49H37NO/c1-4-34(30-33-22-28-43-42-18-10-13-21-47(42)51-48(43)31-33)39-16-9-12-20-46(39)50(37-25-23-36(24-26-37)35-14-6-5-7-15-35)38-27-29-41-40-17-8-11-19-44(40)49(2,3)45(41)32-38/h4-32H,1H2,2-3H3/b34-30+. The highest BCUT2D eigenvalue weighted by molar-refractivity contribution is 6.06. The predicted molar refractivity (Wildman–Crippen MR) is 216 cm³/mol. The molecule has 7 aromatic carbocycles. The minimum absolute atomic E-state index is 0.119. The first-order chi connectivity index (χ1) is 25.0. The van der Waals surface area contributed by atoms with Gasteiger partial charge >= 0.3 is 0 Å². The minimum atomic E-state index is -0.119. The lowest BCUT2D eigenvalue weighted by Crippen LogP contribution is -2.17. The summed E-state index contributed by atoms with van der Waals surface area (Å²) in [7, 11) is 0. The maximum atomic E-state index is 6.25. The lowest BCUT2D eigenvalue weighted by molar-refractivity contribution is 0.660. The molecular weight excluding hydrogens is 619 g/mol. The Bertz CT molecular complexity index is 2620. The number of allylic oxidation sites excluding steroid dienone is 2. The monoisotopic (exact) mass is 655 g/mol. The van der Waals surface area contributed by atoms with Crippen LogP contribution < -0.4 is 4.90 Å². The van der Waals surface area contributed by atoms with Crippen LogP contribution in [0.5, 0.6) is 0 Å². The number of anilines is 3. The van der Waals surface area contributed by atoms with Crippen LogP contribution in [0.4, 0.5) is 17.1 Å². The maximum Gasteiger partial charge on any atom is 0.136 e. The summed E-state index contributed by atoms with van der Waals surface area (Å²) in [6.07, 6.45) is 4.17. The molecule has 0 spiro atoms. The Morgan fingerprint density at radius 1 is 0.569 bits per heavy atom. The summed E-state index contributed by atoms with van der Waals surface area (Å²) < 4.78 is 6.25. The van der Waals surface area contributed by atoms with E-state index < -0.39 is 0 Å². The van der Waals surface area contributed by atoms with Gasteiger partial charge in [-0.3, -0.25) is 0 Å². The van der Waals surface area contributed by atoms with Crippen molar-refractivity contribution in [2.75, 3.05) is 4.90 Å². The van der Waals surface area contributed by atoms with Crippen molar-refractivity contribution in [2.45, 2.75) is 19.3 Å². The zero-order chi connectivity index (χ0) is 34.5. The van der Waals surface area contributed by atoms with Crippen LogP contribution in [0.25, 0.3) is 55.8 Å².